The fourth-order valence-corrected chi connectivity index (χ4v) is 2.62. The number of rotatable bonds is 4. The first kappa shape index (κ1) is 13.9. The number of aliphatic hydroxyl groups is 1. The van der Waals surface area contributed by atoms with Gasteiger partial charge in [-0.15, -0.1) is 0 Å². The maximum absolute atomic E-state index is 13.2. The van der Waals surface area contributed by atoms with Gasteiger partial charge in [-0.1, -0.05) is 12.8 Å². The molecular weight excluding hydrogens is 252 g/mol. The number of carbonyl (C=O) groups is 1. The zero-order valence-electron chi connectivity index (χ0n) is 10.6. The minimum atomic E-state index is -0.765. The van der Waals surface area contributed by atoms with Crippen LogP contribution < -0.4 is 0 Å². The lowest BCUT2D eigenvalue weighted by Gasteiger charge is -2.28. The van der Waals surface area contributed by atoms with E-state index in [0.717, 1.165) is 43.9 Å². The summed E-state index contributed by atoms with van der Waals surface area (Å²) in [5, 5.41) is 9.06. The van der Waals surface area contributed by atoms with Gasteiger partial charge in [-0.25, -0.2) is 8.78 Å². The van der Waals surface area contributed by atoms with Crippen LogP contribution in [0.25, 0.3) is 0 Å². The van der Waals surface area contributed by atoms with Crippen LogP contribution in [0.5, 0.6) is 0 Å². The van der Waals surface area contributed by atoms with E-state index in [4.69, 9.17) is 5.11 Å². The topological polar surface area (TPSA) is 40.5 Å². The molecule has 1 fully saturated rings. The van der Waals surface area contributed by atoms with Crippen molar-refractivity contribution in [3.05, 3.63) is 35.4 Å². The SMILES string of the molecule is O=C(c1cc(F)cc(F)c1)N(CCO)C1CCCC1. The Morgan fingerprint density at radius 2 is 1.79 bits per heavy atom. The molecule has 0 aliphatic heterocycles. The van der Waals surface area contributed by atoms with Crippen molar-refractivity contribution in [1.82, 2.24) is 4.90 Å². The summed E-state index contributed by atoms with van der Waals surface area (Å²) in [5.74, 6) is -1.95. The predicted molar refractivity (Wildman–Crippen MR) is 66.7 cm³/mol. The molecule has 0 unspecified atom stereocenters. The molecule has 1 aliphatic rings. The molecule has 1 amide bonds. The lowest BCUT2D eigenvalue weighted by molar-refractivity contribution is 0.0637. The van der Waals surface area contributed by atoms with Gasteiger partial charge < -0.3 is 10.0 Å². The molecular formula is C14H17F2NO2. The quantitative estimate of drug-likeness (QED) is 0.911. The van der Waals surface area contributed by atoms with E-state index in [9.17, 15) is 13.6 Å². The monoisotopic (exact) mass is 269 g/mol. The van der Waals surface area contributed by atoms with Gasteiger partial charge in [0.1, 0.15) is 11.6 Å². The van der Waals surface area contributed by atoms with Crippen LogP contribution in [0, 0.1) is 11.6 Å². The molecule has 0 radical (unpaired) electrons. The van der Waals surface area contributed by atoms with E-state index in [1.54, 1.807) is 0 Å². The molecule has 19 heavy (non-hydrogen) atoms. The maximum atomic E-state index is 13.2. The summed E-state index contributed by atoms with van der Waals surface area (Å²) >= 11 is 0. The van der Waals surface area contributed by atoms with E-state index in [0.29, 0.717) is 0 Å². The summed E-state index contributed by atoms with van der Waals surface area (Å²) in [5.41, 5.74) is -0.00199. The van der Waals surface area contributed by atoms with Crippen LogP contribution in [-0.2, 0) is 0 Å². The minimum absolute atomic E-state index is 0.00199. The molecule has 2 rings (SSSR count). The Kier molecular flexibility index (Phi) is 4.47. The number of hydrogen-bond acceptors (Lipinski definition) is 2. The molecule has 104 valence electrons. The van der Waals surface area contributed by atoms with Crippen molar-refractivity contribution in [1.29, 1.82) is 0 Å². The number of benzene rings is 1. The average molecular weight is 269 g/mol. The van der Waals surface area contributed by atoms with Gasteiger partial charge in [0.05, 0.1) is 6.61 Å². The molecule has 0 spiro atoms. The molecule has 1 aromatic rings. The highest BCUT2D eigenvalue weighted by Gasteiger charge is 2.27. The first-order valence-electron chi connectivity index (χ1n) is 6.49. The van der Waals surface area contributed by atoms with Crippen LogP contribution >= 0.6 is 0 Å². The van der Waals surface area contributed by atoms with Crippen molar-refractivity contribution in [2.24, 2.45) is 0 Å². The van der Waals surface area contributed by atoms with Crippen LogP contribution in [0.2, 0.25) is 0 Å². The van der Waals surface area contributed by atoms with Crippen LogP contribution in [0.1, 0.15) is 36.0 Å². The van der Waals surface area contributed by atoms with Crippen LogP contribution in [0.15, 0.2) is 18.2 Å². The van der Waals surface area contributed by atoms with Gasteiger partial charge in [0.15, 0.2) is 0 Å². The number of halogens is 2. The molecule has 3 nitrogen and oxygen atoms in total. The van der Waals surface area contributed by atoms with E-state index in [1.807, 2.05) is 0 Å². The second kappa shape index (κ2) is 6.10. The molecule has 0 saturated heterocycles. The van der Waals surface area contributed by atoms with Crippen molar-refractivity contribution in [3.8, 4) is 0 Å². The minimum Gasteiger partial charge on any atom is -0.395 e. The van der Waals surface area contributed by atoms with Gasteiger partial charge >= 0.3 is 0 Å². The van der Waals surface area contributed by atoms with Crippen molar-refractivity contribution in [2.45, 2.75) is 31.7 Å². The first-order chi connectivity index (χ1) is 9.11. The molecule has 1 N–H and O–H groups in total. The molecule has 0 atom stereocenters. The Morgan fingerprint density at radius 1 is 1.21 bits per heavy atom. The van der Waals surface area contributed by atoms with E-state index in [1.165, 1.54) is 4.90 Å². The first-order valence-corrected chi connectivity index (χ1v) is 6.49. The summed E-state index contributed by atoms with van der Waals surface area (Å²) in [7, 11) is 0. The summed E-state index contributed by atoms with van der Waals surface area (Å²) in [6.45, 7) is 0.0433. The number of aliphatic hydroxyl groups excluding tert-OH is 1. The second-order valence-electron chi connectivity index (χ2n) is 4.82. The Hall–Kier alpha value is -1.49. The molecule has 1 aromatic carbocycles. The summed E-state index contributed by atoms with van der Waals surface area (Å²) in [4.78, 5) is 13.8. The van der Waals surface area contributed by atoms with Gasteiger partial charge in [0.2, 0.25) is 0 Å². The van der Waals surface area contributed by atoms with E-state index in [2.05, 4.69) is 0 Å². The zero-order valence-corrected chi connectivity index (χ0v) is 10.6. The molecule has 0 heterocycles. The largest absolute Gasteiger partial charge is 0.395 e. The lowest BCUT2D eigenvalue weighted by atomic mass is 10.1. The number of amides is 1. The number of hydrogen-bond donors (Lipinski definition) is 1. The summed E-state index contributed by atoms with van der Waals surface area (Å²) < 4.78 is 26.3. The van der Waals surface area contributed by atoms with E-state index in [-0.39, 0.29) is 24.8 Å². The maximum Gasteiger partial charge on any atom is 0.254 e. The summed E-state index contributed by atoms with van der Waals surface area (Å²) in [6.07, 6.45) is 3.84. The third-order valence-electron chi connectivity index (χ3n) is 3.48. The molecule has 5 heteroatoms. The van der Waals surface area contributed by atoms with Gasteiger partial charge in [-0.05, 0) is 25.0 Å². The average Bonchev–Trinajstić information content (AvgIpc) is 2.87. The van der Waals surface area contributed by atoms with Crippen LogP contribution in [0.3, 0.4) is 0 Å². The Morgan fingerprint density at radius 3 is 2.32 bits per heavy atom. The molecule has 1 aliphatic carbocycles. The Bertz CT molecular complexity index is 439. The number of nitrogens with zero attached hydrogens (tertiary/aromatic N) is 1. The van der Waals surface area contributed by atoms with Gasteiger partial charge in [0, 0.05) is 24.2 Å². The third kappa shape index (κ3) is 3.29. The Balaban J connectivity index is 2.22. The number of carbonyl (C=O) groups excluding carboxylic acids is 1. The van der Waals surface area contributed by atoms with Crippen molar-refractivity contribution < 1.29 is 18.7 Å². The highest BCUT2D eigenvalue weighted by molar-refractivity contribution is 5.94. The van der Waals surface area contributed by atoms with Crippen LogP contribution in [-0.4, -0.2) is 35.1 Å². The van der Waals surface area contributed by atoms with Crippen LogP contribution in [0.4, 0.5) is 8.78 Å². The zero-order chi connectivity index (χ0) is 13.8. The van der Waals surface area contributed by atoms with Crippen molar-refractivity contribution in [3.63, 3.8) is 0 Å². The standard InChI is InChI=1S/C14H17F2NO2/c15-11-7-10(8-12(16)9-11)14(19)17(5-6-18)13-3-1-2-4-13/h7-9,13,18H,1-6H2. The normalized spacial score (nSPS) is 15.7. The van der Waals surface area contributed by atoms with E-state index >= 15 is 0 Å². The molecule has 0 bridgehead atoms. The van der Waals surface area contributed by atoms with Gasteiger partial charge in [-0.2, -0.15) is 0 Å². The molecule has 0 aromatic heterocycles. The lowest BCUT2D eigenvalue weighted by Crippen LogP contribution is -2.40. The van der Waals surface area contributed by atoms with Crippen molar-refractivity contribution in [2.75, 3.05) is 13.2 Å². The highest BCUT2D eigenvalue weighted by atomic mass is 19.1. The fourth-order valence-electron chi connectivity index (χ4n) is 2.62. The smallest absolute Gasteiger partial charge is 0.254 e. The molecule has 1 saturated carbocycles. The Labute approximate surface area is 110 Å². The summed E-state index contributed by atoms with van der Waals surface area (Å²) in [6, 6.07) is 2.86. The highest BCUT2D eigenvalue weighted by Crippen LogP contribution is 2.25. The third-order valence-corrected chi connectivity index (χ3v) is 3.48. The van der Waals surface area contributed by atoms with Gasteiger partial charge in [-0.3, -0.25) is 4.79 Å². The fraction of sp³-hybridized carbons (Fsp3) is 0.500. The second-order valence-corrected chi connectivity index (χ2v) is 4.82. The van der Waals surface area contributed by atoms with Crippen molar-refractivity contribution >= 4 is 5.91 Å². The predicted octanol–water partition coefficient (Wildman–Crippen LogP) is 2.34. The van der Waals surface area contributed by atoms with Gasteiger partial charge in [0.25, 0.3) is 5.91 Å². The van der Waals surface area contributed by atoms with E-state index < -0.39 is 17.5 Å².